The molecule has 0 saturated heterocycles. The molecule has 2 aromatic heterocycles. The van der Waals surface area contributed by atoms with Gasteiger partial charge < -0.3 is 16.4 Å². The predicted octanol–water partition coefficient (Wildman–Crippen LogP) is 8.23. The minimum absolute atomic E-state index is 0.173. The number of benzene rings is 4. The Hall–Kier alpha value is -6.08. The first-order chi connectivity index (χ1) is 22.4. The summed E-state index contributed by atoms with van der Waals surface area (Å²) in [5.41, 5.74) is 11.9. The second kappa shape index (κ2) is 13.3. The third-order valence-corrected chi connectivity index (χ3v) is 7.68. The summed E-state index contributed by atoms with van der Waals surface area (Å²) in [6.07, 6.45) is 4.66. The lowest BCUT2D eigenvalue weighted by atomic mass is 9.77. The highest BCUT2D eigenvalue weighted by Gasteiger charge is 2.36. The SMILES string of the molecule is Cc1cc(/C=C/C(=O)Nc2cc(-c3ccc(F)cc3)cnc2N)nc(NC(c2ccccc2)(c2ccccc2)c2ccccc2)c1. The van der Waals surface area contributed by atoms with Gasteiger partial charge in [0.15, 0.2) is 0 Å². The van der Waals surface area contributed by atoms with Gasteiger partial charge in [0, 0.05) is 17.8 Å². The van der Waals surface area contributed by atoms with Crippen LogP contribution in [0.2, 0.25) is 0 Å². The number of pyridine rings is 2. The van der Waals surface area contributed by atoms with Crippen LogP contribution in [0.4, 0.5) is 21.7 Å². The van der Waals surface area contributed by atoms with Crippen LogP contribution >= 0.6 is 0 Å². The molecular formula is C39H32FN5O. The third-order valence-electron chi connectivity index (χ3n) is 7.68. The summed E-state index contributed by atoms with van der Waals surface area (Å²) in [5.74, 6) is 0.0958. The third kappa shape index (κ3) is 6.54. The maximum Gasteiger partial charge on any atom is 0.248 e. The number of halogens is 1. The summed E-state index contributed by atoms with van der Waals surface area (Å²) in [7, 11) is 0. The number of anilines is 3. The fraction of sp³-hybridized carbons (Fsp3) is 0.0513. The fourth-order valence-electron chi connectivity index (χ4n) is 5.53. The molecule has 1 amide bonds. The van der Waals surface area contributed by atoms with Gasteiger partial charge in [0.25, 0.3) is 0 Å². The molecule has 7 heteroatoms. The summed E-state index contributed by atoms with van der Waals surface area (Å²) >= 11 is 0. The zero-order chi connectivity index (χ0) is 31.9. The highest BCUT2D eigenvalue weighted by Crippen LogP contribution is 2.39. The number of amides is 1. The zero-order valence-electron chi connectivity index (χ0n) is 25.2. The maximum atomic E-state index is 13.4. The minimum Gasteiger partial charge on any atom is -0.382 e. The number of carbonyl (C=O) groups is 1. The molecule has 0 saturated carbocycles. The Morgan fingerprint density at radius 1 is 0.761 bits per heavy atom. The molecule has 0 radical (unpaired) electrons. The number of nitrogens with two attached hydrogens (primary N) is 1. The molecule has 0 spiro atoms. The van der Waals surface area contributed by atoms with Crippen LogP contribution in [0, 0.1) is 12.7 Å². The number of hydrogen-bond acceptors (Lipinski definition) is 5. The van der Waals surface area contributed by atoms with Crippen LogP contribution < -0.4 is 16.4 Å². The van der Waals surface area contributed by atoms with Crippen LogP contribution in [-0.2, 0) is 10.3 Å². The number of nitrogens with one attached hydrogen (secondary N) is 2. The molecule has 6 aromatic rings. The second-order valence-corrected chi connectivity index (χ2v) is 10.9. The Balaban J connectivity index is 1.31. The average Bonchev–Trinajstić information content (AvgIpc) is 3.09. The van der Waals surface area contributed by atoms with Crippen LogP contribution in [0.5, 0.6) is 0 Å². The van der Waals surface area contributed by atoms with Crippen LogP contribution in [0.1, 0.15) is 27.9 Å². The molecule has 0 fully saturated rings. The summed E-state index contributed by atoms with van der Waals surface area (Å²) < 4.78 is 13.4. The predicted molar refractivity (Wildman–Crippen MR) is 184 cm³/mol. The molecule has 4 N–H and O–H groups in total. The van der Waals surface area contributed by atoms with Crippen molar-refractivity contribution in [2.45, 2.75) is 12.5 Å². The van der Waals surface area contributed by atoms with Gasteiger partial charge in [-0.05, 0) is 71.1 Å². The van der Waals surface area contributed by atoms with Crippen molar-refractivity contribution < 1.29 is 9.18 Å². The summed E-state index contributed by atoms with van der Waals surface area (Å²) in [6, 6.07) is 42.5. The molecule has 0 aliphatic rings. The molecule has 0 bridgehead atoms. The van der Waals surface area contributed by atoms with E-state index in [-0.39, 0.29) is 11.6 Å². The lowest BCUT2D eigenvalue weighted by Crippen LogP contribution is -2.38. The molecule has 6 rings (SSSR count). The fourth-order valence-corrected chi connectivity index (χ4v) is 5.53. The van der Waals surface area contributed by atoms with E-state index >= 15 is 0 Å². The van der Waals surface area contributed by atoms with Crippen molar-refractivity contribution in [3.05, 3.63) is 179 Å². The van der Waals surface area contributed by atoms with Gasteiger partial charge in [-0.2, -0.15) is 0 Å². The summed E-state index contributed by atoms with van der Waals surface area (Å²) in [6.45, 7) is 1.99. The zero-order valence-corrected chi connectivity index (χ0v) is 25.2. The quantitative estimate of drug-likeness (QED) is 0.114. The molecule has 6 nitrogen and oxygen atoms in total. The summed E-state index contributed by atoms with van der Waals surface area (Å²) in [4.78, 5) is 22.1. The first-order valence-corrected chi connectivity index (χ1v) is 14.8. The number of nitrogens with zero attached hydrogens (tertiary/aromatic N) is 2. The van der Waals surface area contributed by atoms with Crippen molar-refractivity contribution in [3.63, 3.8) is 0 Å². The van der Waals surface area contributed by atoms with E-state index in [1.54, 1.807) is 30.5 Å². The topological polar surface area (TPSA) is 92.9 Å². The highest BCUT2D eigenvalue weighted by atomic mass is 19.1. The van der Waals surface area contributed by atoms with Gasteiger partial charge in [0.1, 0.15) is 23.0 Å². The molecule has 0 unspecified atom stereocenters. The van der Waals surface area contributed by atoms with E-state index in [0.717, 1.165) is 27.8 Å². The molecule has 226 valence electrons. The standard InChI is InChI=1S/C39H32FN5O/c1-27-23-34(21-22-37(46)44-35-25-29(26-42-38(35)41)28-17-19-33(40)20-18-28)43-36(24-27)45-39(30-11-5-2-6-12-30,31-13-7-3-8-14-31)32-15-9-4-10-16-32/h2-26H,1H3,(H2,41,42)(H,43,45)(H,44,46)/b22-21+. The summed E-state index contributed by atoms with van der Waals surface area (Å²) in [5, 5.41) is 6.59. The lowest BCUT2D eigenvalue weighted by molar-refractivity contribution is -0.111. The molecular weight excluding hydrogens is 573 g/mol. The Morgan fingerprint density at radius 2 is 1.33 bits per heavy atom. The number of aromatic nitrogens is 2. The van der Waals surface area contributed by atoms with E-state index in [4.69, 9.17) is 10.7 Å². The van der Waals surface area contributed by atoms with Crippen molar-refractivity contribution in [1.82, 2.24) is 9.97 Å². The van der Waals surface area contributed by atoms with Gasteiger partial charge in [-0.25, -0.2) is 14.4 Å². The average molecular weight is 606 g/mol. The van der Waals surface area contributed by atoms with E-state index in [0.29, 0.717) is 22.8 Å². The van der Waals surface area contributed by atoms with Crippen molar-refractivity contribution in [2.24, 2.45) is 0 Å². The first-order valence-electron chi connectivity index (χ1n) is 14.8. The van der Waals surface area contributed by atoms with Gasteiger partial charge in [-0.3, -0.25) is 4.79 Å². The van der Waals surface area contributed by atoms with Crippen molar-refractivity contribution in [2.75, 3.05) is 16.4 Å². The molecule has 46 heavy (non-hydrogen) atoms. The van der Waals surface area contributed by atoms with Crippen LogP contribution in [-0.4, -0.2) is 15.9 Å². The smallest absolute Gasteiger partial charge is 0.248 e. The van der Waals surface area contributed by atoms with Gasteiger partial charge in [0.2, 0.25) is 5.91 Å². The number of hydrogen-bond donors (Lipinski definition) is 3. The molecule has 0 aliphatic heterocycles. The van der Waals surface area contributed by atoms with Gasteiger partial charge in [-0.15, -0.1) is 0 Å². The number of carbonyl (C=O) groups excluding carboxylic acids is 1. The molecule has 0 atom stereocenters. The Kier molecular flexibility index (Phi) is 8.65. The monoisotopic (exact) mass is 605 g/mol. The Morgan fingerprint density at radius 3 is 1.89 bits per heavy atom. The number of aryl methyl sites for hydroxylation is 1. The molecule has 2 heterocycles. The van der Waals surface area contributed by atoms with Crippen LogP contribution in [0.3, 0.4) is 0 Å². The van der Waals surface area contributed by atoms with Crippen LogP contribution in [0.15, 0.2) is 146 Å². The second-order valence-electron chi connectivity index (χ2n) is 10.9. The number of nitrogen functional groups attached to an aromatic ring is 1. The number of rotatable bonds is 9. The van der Waals surface area contributed by atoms with E-state index in [2.05, 4.69) is 52.0 Å². The largest absolute Gasteiger partial charge is 0.382 e. The minimum atomic E-state index is -0.747. The molecule has 0 aliphatic carbocycles. The Labute approximate surface area is 267 Å². The van der Waals surface area contributed by atoms with Crippen molar-refractivity contribution in [3.8, 4) is 11.1 Å². The van der Waals surface area contributed by atoms with E-state index in [9.17, 15) is 9.18 Å². The Bertz CT molecular complexity index is 1880. The van der Waals surface area contributed by atoms with E-state index < -0.39 is 11.4 Å². The van der Waals surface area contributed by atoms with E-state index in [1.165, 1.54) is 18.2 Å². The normalized spacial score (nSPS) is 11.3. The molecule has 4 aromatic carbocycles. The van der Waals surface area contributed by atoms with Gasteiger partial charge in [0.05, 0.1) is 11.4 Å². The van der Waals surface area contributed by atoms with Gasteiger partial charge in [-0.1, -0.05) is 103 Å². The van der Waals surface area contributed by atoms with Crippen LogP contribution in [0.25, 0.3) is 17.2 Å². The first kappa shape index (κ1) is 30.0. The van der Waals surface area contributed by atoms with E-state index in [1.807, 2.05) is 73.7 Å². The van der Waals surface area contributed by atoms with Crippen molar-refractivity contribution >= 4 is 29.3 Å². The van der Waals surface area contributed by atoms with Crippen molar-refractivity contribution in [1.29, 1.82) is 0 Å². The van der Waals surface area contributed by atoms with Gasteiger partial charge >= 0.3 is 0 Å². The maximum absolute atomic E-state index is 13.4. The lowest BCUT2D eigenvalue weighted by Gasteiger charge is -2.37. The highest BCUT2D eigenvalue weighted by molar-refractivity contribution is 6.03.